The Hall–Kier alpha value is -3.67. The van der Waals surface area contributed by atoms with E-state index in [0.29, 0.717) is 12.2 Å². The van der Waals surface area contributed by atoms with Gasteiger partial charge in [-0.15, -0.1) is 0 Å². The summed E-state index contributed by atoms with van der Waals surface area (Å²) in [4.78, 5) is 12.8. The molecule has 0 bridgehead atoms. The van der Waals surface area contributed by atoms with Gasteiger partial charge in [0.05, 0.1) is 12.2 Å². The van der Waals surface area contributed by atoms with Crippen molar-refractivity contribution in [2.75, 3.05) is 5.32 Å². The van der Waals surface area contributed by atoms with E-state index in [9.17, 15) is 9.18 Å². The average Bonchev–Trinajstić information content (AvgIpc) is 3.31. The Morgan fingerprint density at radius 2 is 1.84 bits per heavy atom. The van der Waals surface area contributed by atoms with Crippen molar-refractivity contribution in [2.24, 2.45) is 0 Å². The van der Waals surface area contributed by atoms with Gasteiger partial charge in [0.2, 0.25) is 0 Å². The van der Waals surface area contributed by atoms with E-state index in [-0.39, 0.29) is 17.5 Å². The van der Waals surface area contributed by atoms with Gasteiger partial charge in [-0.3, -0.25) is 9.48 Å². The number of aromatic nitrogens is 2. The predicted molar refractivity (Wildman–Crippen MR) is 117 cm³/mol. The van der Waals surface area contributed by atoms with Gasteiger partial charge >= 0.3 is 0 Å². The molecule has 0 aliphatic heterocycles. The van der Waals surface area contributed by atoms with Crippen molar-refractivity contribution >= 4 is 11.6 Å². The maximum atomic E-state index is 13.1. The number of fused-ring (bicyclic) bond motifs is 3. The lowest BCUT2D eigenvalue weighted by molar-refractivity contribution is 0.0994. The molecule has 1 amide bonds. The van der Waals surface area contributed by atoms with E-state index in [1.807, 2.05) is 11.6 Å². The smallest absolute Gasteiger partial charge is 0.291 e. The number of nitrogens with zero attached hydrogens (tertiary/aromatic N) is 2. The van der Waals surface area contributed by atoms with Gasteiger partial charge in [-0.1, -0.05) is 29.8 Å². The van der Waals surface area contributed by atoms with E-state index in [1.165, 1.54) is 35.4 Å². The second-order valence-electron chi connectivity index (χ2n) is 8.00. The number of furan rings is 1. The van der Waals surface area contributed by atoms with Crippen LogP contribution in [0.5, 0.6) is 0 Å². The maximum Gasteiger partial charge on any atom is 0.291 e. The lowest BCUT2D eigenvalue weighted by atomic mass is 9.93. The van der Waals surface area contributed by atoms with E-state index < -0.39 is 0 Å². The topological polar surface area (TPSA) is 60.1 Å². The van der Waals surface area contributed by atoms with Crippen molar-refractivity contribution in [1.29, 1.82) is 0 Å². The molecule has 0 atom stereocenters. The van der Waals surface area contributed by atoms with Crippen molar-refractivity contribution < 1.29 is 13.6 Å². The predicted octanol–water partition coefficient (Wildman–Crippen LogP) is 5.30. The van der Waals surface area contributed by atoms with Gasteiger partial charge in [-0.2, -0.15) is 5.10 Å². The molecular weight excluding hydrogens is 393 g/mol. The lowest BCUT2D eigenvalue weighted by Gasteiger charge is -2.09. The van der Waals surface area contributed by atoms with E-state index in [1.54, 1.807) is 0 Å². The Labute approximate surface area is 179 Å². The zero-order valence-corrected chi connectivity index (χ0v) is 17.4. The number of carbonyl (C=O) groups is 1. The van der Waals surface area contributed by atoms with Gasteiger partial charge in [0, 0.05) is 29.4 Å². The summed E-state index contributed by atoms with van der Waals surface area (Å²) in [5.41, 5.74) is 6.67. The number of aryl methyl sites for hydroxylation is 3. The number of halogens is 1. The minimum absolute atomic E-state index is 0.273. The van der Waals surface area contributed by atoms with E-state index >= 15 is 0 Å². The molecule has 5 rings (SSSR count). The quantitative estimate of drug-likeness (QED) is 0.492. The minimum Gasteiger partial charge on any atom is -0.455 e. The van der Waals surface area contributed by atoms with Crippen molar-refractivity contribution in [2.45, 2.75) is 33.2 Å². The van der Waals surface area contributed by atoms with Gasteiger partial charge in [0.1, 0.15) is 11.6 Å². The molecule has 1 aliphatic rings. The number of benzene rings is 2. The van der Waals surface area contributed by atoms with Crippen molar-refractivity contribution in [3.05, 3.63) is 94.3 Å². The Balaban J connectivity index is 1.43. The third kappa shape index (κ3) is 3.65. The molecule has 5 nitrogen and oxygen atoms in total. The second-order valence-corrected chi connectivity index (χ2v) is 8.00. The molecule has 1 aliphatic carbocycles. The molecule has 0 saturated heterocycles. The van der Waals surface area contributed by atoms with Crippen molar-refractivity contribution in [1.82, 2.24) is 9.78 Å². The zero-order valence-electron chi connectivity index (χ0n) is 17.4. The summed E-state index contributed by atoms with van der Waals surface area (Å²) in [5, 5.41) is 7.60. The lowest BCUT2D eigenvalue weighted by Crippen LogP contribution is -2.12. The molecule has 31 heavy (non-hydrogen) atoms. The highest BCUT2D eigenvalue weighted by atomic mass is 19.1. The first-order valence-corrected chi connectivity index (χ1v) is 10.3. The monoisotopic (exact) mass is 415 g/mol. The number of amides is 1. The van der Waals surface area contributed by atoms with Crippen molar-refractivity contribution in [3.63, 3.8) is 0 Å². The first-order valence-electron chi connectivity index (χ1n) is 10.3. The van der Waals surface area contributed by atoms with Crippen LogP contribution in [0.25, 0.3) is 11.3 Å². The molecular formula is C25H22FN3O2. The molecule has 0 fully saturated rings. The molecule has 0 unspecified atom stereocenters. The fourth-order valence-corrected chi connectivity index (χ4v) is 4.06. The molecule has 0 radical (unpaired) electrons. The maximum absolute atomic E-state index is 13.1. The number of rotatable bonds is 4. The third-order valence-corrected chi connectivity index (χ3v) is 5.69. The van der Waals surface area contributed by atoms with Crippen LogP contribution >= 0.6 is 0 Å². The molecule has 6 heteroatoms. The number of carbonyl (C=O) groups excluding carboxylic acids is 1. The van der Waals surface area contributed by atoms with Crippen molar-refractivity contribution in [3.8, 4) is 11.3 Å². The van der Waals surface area contributed by atoms with E-state index in [4.69, 9.17) is 9.52 Å². The largest absolute Gasteiger partial charge is 0.455 e. The van der Waals surface area contributed by atoms with Gasteiger partial charge in [-0.25, -0.2) is 4.39 Å². The number of hydrogen-bond acceptors (Lipinski definition) is 3. The van der Waals surface area contributed by atoms with Crippen LogP contribution in [0.2, 0.25) is 0 Å². The Morgan fingerprint density at radius 1 is 1.10 bits per heavy atom. The van der Waals surface area contributed by atoms with Gasteiger partial charge in [-0.05, 0) is 55.7 Å². The first-order chi connectivity index (χ1) is 15.0. The highest BCUT2D eigenvalue weighted by Crippen LogP contribution is 2.38. The van der Waals surface area contributed by atoms with Crippen LogP contribution in [0.4, 0.5) is 10.1 Å². The molecule has 4 aromatic rings. The van der Waals surface area contributed by atoms with Crippen LogP contribution in [0.1, 0.15) is 38.6 Å². The summed E-state index contributed by atoms with van der Waals surface area (Å²) in [6.07, 6.45) is 3.63. The summed E-state index contributed by atoms with van der Waals surface area (Å²) in [6.45, 7) is 4.65. The molecule has 156 valence electrons. The summed E-state index contributed by atoms with van der Waals surface area (Å²) >= 11 is 0. The Bertz CT molecular complexity index is 1270. The highest BCUT2D eigenvalue weighted by Gasteiger charge is 2.29. The number of nitrogens with one attached hydrogen (secondary N) is 1. The molecule has 2 aromatic heterocycles. The molecule has 0 spiro atoms. The normalized spacial score (nSPS) is 12.4. The fraction of sp³-hybridized carbons (Fsp3) is 0.200. The molecule has 1 N–H and O–H groups in total. The van der Waals surface area contributed by atoms with E-state index in [0.717, 1.165) is 41.0 Å². The summed E-state index contributed by atoms with van der Waals surface area (Å²) in [5.74, 6) is 0.362. The van der Waals surface area contributed by atoms with Gasteiger partial charge in [0.25, 0.3) is 5.91 Å². The summed E-state index contributed by atoms with van der Waals surface area (Å²) in [6, 6.07) is 14.1. The molecule has 2 aromatic carbocycles. The Kier molecular flexibility index (Phi) is 4.70. The summed E-state index contributed by atoms with van der Waals surface area (Å²) in [7, 11) is 0. The standard InChI is InChI=1S/C25H22FN3O2/c1-15-3-5-17(6-4-15)13-29-14-18-7-12-21-22(23(18)28-29)16(2)24(31-21)25(30)27-20-10-8-19(26)9-11-20/h3-6,8-11,14H,7,12-13H2,1-2H3,(H,27,30). The number of anilines is 1. The van der Waals surface area contributed by atoms with Crippen LogP contribution in [-0.4, -0.2) is 15.7 Å². The van der Waals surface area contributed by atoms with Crippen LogP contribution in [0.15, 0.2) is 59.1 Å². The van der Waals surface area contributed by atoms with Crippen LogP contribution < -0.4 is 5.32 Å². The highest BCUT2D eigenvalue weighted by molar-refractivity contribution is 6.04. The fourth-order valence-electron chi connectivity index (χ4n) is 4.06. The second kappa shape index (κ2) is 7.54. The zero-order chi connectivity index (χ0) is 21.5. The minimum atomic E-state index is -0.351. The first kappa shape index (κ1) is 19.3. The molecule has 0 saturated carbocycles. The van der Waals surface area contributed by atoms with Gasteiger partial charge < -0.3 is 9.73 Å². The Morgan fingerprint density at radius 3 is 2.58 bits per heavy atom. The van der Waals surface area contributed by atoms with Crippen LogP contribution in [-0.2, 0) is 19.4 Å². The van der Waals surface area contributed by atoms with Crippen LogP contribution in [0.3, 0.4) is 0 Å². The summed E-state index contributed by atoms with van der Waals surface area (Å²) < 4.78 is 21.0. The third-order valence-electron chi connectivity index (χ3n) is 5.69. The van der Waals surface area contributed by atoms with E-state index in [2.05, 4.69) is 42.7 Å². The number of hydrogen-bond donors (Lipinski definition) is 1. The van der Waals surface area contributed by atoms with Crippen LogP contribution in [0, 0.1) is 19.7 Å². The van der Waals surface area contributed by atoms with Gasteiger partial charge in [0.15, 0.2) is 5.76 Å². The average molecular weight is 415 g/mol. The SMILES string of the molecule is Cc1ccc(Cn2cc3c(n2)-c2c(oc(C(=O)Nc4ccc(F)cc4)c2C)CC3)cc1. The molecule has 2 heterocycles.